The number of carbonyl (C=O) groups excluding carboxylic acids is 2. The quantitative estimate of drug-likeness (QED) is 0.826. The van der Waals surface area contributed by atoms with E-state index >= 15 is 0 Å². The lowest BCUT2D eigenvalue weighted by atomic mass is 9.95. The third kappa shape index (κ3) is 4.42. The Morgan fingerprint density at radius 1 is 1.11 bits per heavy atom. The van der Waals surface area contributed by atoms with Crippen LogP contribution in [-0.2, 0) is 11.2 Å². The molecule has 6 heteroatoms. The summed E-state index contributed by atoms with van der Waals surface area (Å²) >= 11 is 5.86. The van der Waals surface area contributed by atoms with Crippen LogP contribution in [0, 0.1) is 11.8 Å². The summed E-state index contributed by atoms with van der Waals surface area (Å²) in [6.45, 7) is 1.15. The average molecular weight is 385 g/mol. The summed E-state index contributed by atoms with van der Waals surface area (Å²) in [5.74, 6) is 1.06. The first-order valence-electron chi connectivity index (χ1n) is 9.19. The molecule has 2 N–H and O–H groups in total. The van der Waals surface area contributed by atoms with Crippen molar-refractivity contribution in [1.29, 1.82) is 0 Å². The van der Waals surface area contributed by atoms with Crippen molar-refractivity contribution in [3.8, 4) is 5.75 Å². The van der Waals surface area contributed by atoms with E-state index in [4.69, 9.17) is 16.3 Å². The molecule has 2 amide bonds. The molecular formula is C21H21ClN2O3. The minimum absolute atomic E-state index is 0.0446. The van der Waals surface area contributed by atoms with E-state index < -0.39 is 0 Å². The molecular weight excluding hydrogens is 364 g/mol. The second-order valence-corrected chi connectivity index (χ2v) is 7.62. The van der Waals surface area contributed by atoms with E-state index in [9.17, 15) is 9.59 Å². The number of anilines is 1. The summed E-state index contributed by atoms with van der Waals surface area (Å²) in [4.78, 5) is 24.7. The molecule has 1 fully saturated rings. The summed E-state index contributed by atoms with van der Waals surface area (Å²) in [6, 6.07) is 12.2. The Labute approximate surface area is 163 Å². The molecule has 1 aliphatic heterocycles. The minimum Gasteiger partial charge on any atom is -0.492 e. The largest absolute Gasteiger partial charge is 0.492 e. The first-order valence-corrected chi connectivity index (χ1v) is 9.56. The van der Waals surface area contributed by atoms with E-state index in [1.165, 1.54) is 12.8 Å². The molecule has 1 atom stereocenters. The van der Waals surface area contributed by atoms with Crippen LogP contribution in [0.15, 0.2) is 42.5 Å². The lowest BCUT2D eigenvalue weighted by Crippen LogP contribution is -2.38. The molecule has 4 rings (SSSR count). The highest BCUT2D eigenvalue weighted by Gasteiger charge is 2.28. The Morgan fingerprint density at radius 3 is 2.63 bits per heavy atom. The molecule has 140 valence electrons. The molecule has 1 unspecified atom stereocenters. The number of amides is 2. The van der Waals surface area contributed by atoms with E-state index in [-0.39, 0.29) is 17.7 Å². The highest BCUT2D eigenvalue weighted by molar-refractivity contribution is 6.30. The van der Waals surface area contributed by atoms with Gasteiger partial charge in [-0.2, -0.15) is 0 Å². The van der Waals surface area contributed by atoms with Crippen LogP contribution in [0.3, 0.4) is 0 Å². The van der Waals surface area contributed by atoms with E-state index in [1.54, 1.807) is 30.3 Å². The number of hydrogen-bond acceptors (Lipinski definition) is 3. The van der Waals surface area contributed by atoms with Gasteiger partial charge in [-0.05, 0) is 73.2 Å². The number of ether oxygens (including phenoxy) is 1. The Hall–Kier alpha value is -2.53. The second-order valence-electron chi connectivity index (χ2n) is 7.18. The van der Waals surface area contributed by atoms with Gasteiger partial charge >= 0.3 is 0 Å². The average Bonchev–Trinajstić information content (AvgIpc) is 3.50. The lowest BCUT2D eigenvalue weighted by molar-refractivity contribution is -0.126. The zero-order chi connectivity index (χ0) is 18.8. The molecule has 1 saturated carbocycles. The zero-order valence-electron chi connectivity index (χ0n) is 14.8. The molecule has 0 saturated heterocycles. The van der Waals surface area contributed by atoms with Crippen LogP contribution in [0.5, 0.6) is 5.75 Å². The zero-order valence-corrected chi connectivity index (χ0v) is 15.6. The predicted molar refractivity (Wildman–Crippen MR) is 104 cm³/mol. The Morgan fingerprint density at radius 2 is 1.89 bits per heavy atom. The van der Waals surface area contributed by atoms with E-state index in [0.29, 0.717) is 35.2 Å². The first kappa shape index (κ1) is 17.9. The maximum Gasteiger partial charge on any atom is 0.255 e. The standard InChI is InChI=1S/C21H21ClN2O3/c22-17-5-3-14(4-6-17)21(26)24-18-7-8-19-15(10-18)9-16(12-27-19)20(25)23-11-13-1-2-13/h3-8,10,13,16H,1-2,9,11-12H2,(H,23,25)(H,24,26). The van der Waals surface area contributed by atoms with Gasteiger partial charge < -0.3 is 15.4 Å². The van der Waals surface area contributed by atoms with Gasteiger partial charge in [-0.15, -0.1) is 0 Å². The van der Waals surface area contributed by atoms with Crippen molar-refractivity contribution in [2.75, 3.05) is 18.5 Å². The molecule has 0 radical (unpaired) electrons. The van der Waals surface area contributed by atoms with Crippen LogP contribution in [-0.4, -0.2) is 25.0 Å². The van der Waals surface area contributed by atoms with Gasteiger partial charge in [0.25, 0.3) is 5.91 Å². The van der Waals surface area contributed by atoms with Crippen LogP contribution >= 0.6 is 11.6 Å². The Bertz CT molecular complexity index is 862. The SMILES string of the molecule is O=C(Nc1ccc2c(c1)CC(C(=O)NCC1CC1)CO2)c1ccc(Cl)cc1. The fourth-order valence-corrected chi connectivity index (χ4v) is 3.28. The number of carbonyl (C=O) groups is 2. The van der Waals surface area contributed by atoms with Gasteiger partial charge in [0.2, 0.25) is 5.91 Å². The minimum atomic E-state index is -0.206. The fraction of sp³-hybridized carbons (Fsp3) is 0.333. The highest BCUT2D eigenvalue weighted by Crippen LogP contribution is 2.31. The maximum atomic E-state index is 12.4. The third-order valence-electron chi connectivity index (χ3n) is 4.96. The molecule has 2 aromatic carbocycles. The monoisotopic (exact) mass is 384 g/mol. The van der Waals surface area contributed by atoms with Crippen molar-refractivity contribution in [3.05, 3.63) is 58.6 Å². The van der Waals surface area contributed by atoms with E-state index in [0.717, 1.165) is 17.9 Å². The van der Waals surface area contributed by atoms with E-state index in [1.807, 2.05) is 12.1 Å². The third-order valence-corrected chi connectivity index (χ3v) is 5.22. The summed E-state index contributed by atoms with van der Waals surface area (Å²) in [6.07, 6.45) is 3.03. The molecule has 2 aliphatic rings. The molecule has 2 aromatic rings. The maximum absolute atomic E-state index is 12.4. The van der Waals surface area contributed by atoms with Crippen molar-refractivity contribution in [2.45, 2.75) is 19.3 Å². The molecule has 0 spiro atoms. The van der Waals surface area contributed by atoms with Crippen LogP contribution < -0.4 is 15.4 Å². The number of fused-ring (bicyclic) bond motifs is 1. The molecule has 0 bridgehead atoms. The van der Waals surface area contributed by atoms with Crippen LogP contribution in [0.1, 0.15) is 28.8 Å². The topological polar surface area (TPSA) is 67.4 Å². The van der Waals surface area contributed by atoms with Gasteiger partial charge in [0, 0.05) is 22.8 Å². The number of nitrogens with one attached hydrogen (secondary N) is 2. The van der Waals surface area contributed by atoms with Gasteiger partial charge in [-0.25, -0.2) is 0 Å². The van der Waals surface area contributed by atoms with Crippen molar-refractivity contribution >= 4 is 29.1 Å². The number of rotatable bonds is 5. The summed E-state index contributed by atoms with van der Waals surface area (Å²) in [7, 11) is 0. The van der Waals surface area contributed by atoms with Gasteiger partial charge in [0.15, 0.2) is 0 Å². The van der Waals surface area contributed by atoms with Crippen molar-refractivity contribution in [3.63, 3.8) is 0 Å². The Balaban J connectivity index is 1.41. The molecule has 1 aliphatic carbocycles. The molecule has 5 nitrogen and oxygen atoms in total. The predicted octanol–water partition coefficient (Wildman–Crippen LogP) is 3.67. The highest BCUT2D eigenvalue weighted by atomic mass is 35.5. The van der Waals surface area contributed by atoms with Gasteiger partial charge in [0.1, 0.15) is 12.4 Å². The summed E-state index contributed by atoms with van der Waals surface area (Å²) in [5.41, 5.74) is 2.14. The second kappa shape index (κ2) is 7.61. The Kier molecular flexibility index (Phi) is 5.03. The van der Waals surface area contributed by atoms with E-state index in [2.05, 4.69) is 10.6 Å². The fourth-order valence-electron chi connectivity index (χ4n) is 3.16. The number of benzene rings is 2. The molecule has 27 heavy (non-hydrogen) atoms. The van der Waals surface area contributed by atoms with Crippen molar-refractivity contribution in [1.82, 2.24) is 5.32 Å². The number of hydrogen-bond donors (Lipinski definition) is 2. The van der Waals surface area contributed by atoms with Crippen molar-refractivity contribution < 1.29 is 14.3 Å². The summed E-state index contributed by atoms with van der Waals surface area (Å²) in [5, 5.41) is 6.49. The number of halogens is 1. The lowest BCUT2D eigenvalue weighted by Gasteiger charge is -2.25. The molecule has 1 heterocycles. The first-order chi connectivity index (χ1) is 13.1. The van der Waals surface area contributed by atoms with Gasteiger partial charge in [-0.3, -0.25) is 9.59 Å². The smallest absolute Gasteiger partial charge is 0.255 e. The molecule has 0 aromatic heterocycles. The van der Waals surface area contributed by atoms with Crippen LogP contribution in [0.25, 0.3) is 0 Å². The van der Waals surface area contributed by atoms with Crippen LogP contribution in [0.2, 0.25) is 5.02 Å². The normalized spacial score (nSPS) is 18.2. The van der Waals surface area contributed by atoms with Gasteiger partial charge in [-0.1, -0.05) is 11.6 Å². The van der Waals surface area contributed by atoms with Crippen molar-refractivity contribution in [2.24, 2.45) is 11.8 Å². The van der Waals surface area contributed by atoms with Gasteiger partial charge in [0.05, 0.1) is 5.92 Å². The summed E-state index contributed by atoms with van der Waals surface area (Å²) < 4.78 is 5.75. The van der Waals surface area contributed by atoms with Crippen LogP contribution in [0.4, 0.5) is 5.69 Å².